The number of imidazole rings is 1. The molecule has 0 saturated carbocycles. The number of hydrogen-bond acceptors (Lipinski definition) is 2. The predicted molar refractivity (Wildman–Crippen MR) is 165 cm³/mol. The van der Waals surface area contributed by atoms with Crippen LogP contribution in [0.15, 0.2) is 143 Å². The molecule has 0 radical (unpaired) electrons. The van der Waals surface area contributed by atoms with Gasteiger partial charge in [0, 0.05) is 23.7 Å². The van der Waals surface area contributed by atoms with E-state index >= 15 is 0 Å². The van der Waals surface area contributed by atoms with Crippen LogP contribution < -0.4 is 5.73 Å². The summed E-state index contributed by atoms with van der Waals surface area (Å²) in [6.45, 7) is 0.502. The average Bonchev–Trinajstić information content (AvgIpc) is 3.36. The summed E-state index contributed by atoms with van der Waals surface area (Å²) < 4.78 is 2.13. The highest BCUT2D eigenvalue weighted by Gasteiger charge is 2.14. The van der Waals surface area contributed by atoms with E-state index in [-0.39, 0.29) is 0 Å². The topological polar surface area (TPSA) is 68.6 Å². The predicted octanol–water partition coefficient (Wildman–Crippen LogP) is 7.26. The van der Waals surface area contributed by atoms with E-state index in [1.807, 2.05) is 78.9 Å². The van der Waals surface area contributed by atoms with Gasteiger partial charge in [-0.2, -0.15) is 0 Å². The third kappa shape index (κ3) is 5.18. The monoisotopic (exact) mass is 519 g/mol. The fraction of sp³-hybridized carbons (Fsp3) is 0.0571. The van der Waals surface area contributed by atoms with Crippen molar-refractivity contribution in [2.24, 2.45) is 22.8 Å². The first-order valence-corrected chi connectivity index (χ1v) is 13.3. The van der Waals surface area contributed by atoms with Crippen molar-refractivity contribution < 1.29 is 0 Å². The van der Waals surface area contributed by atoms with Crippen LogP contribution in [0.25, 0.3) is 33.5 Å². The van der Waals surface area contributed by atoms with Crippen LogP contribution >= 0.6 is 0 Å². The van der Waals surface area contributed by atoms with Gasteiger partial charge in [-0.05, 0) is 28.8 Å². The zero-order valence-corrected chi connectivity index (χ0v) is 22.3. The Hall–Kier alpha value is -5.29. The average molecular weight is 520 g/mol. The molecule has 40 heavy (non-hydrogen) atoms. The molecule has 0 saturated heterocycles. The Morgan fingerprint density at radius 1 is 0.700 bits per heavy atom. The summed E-state index contributed by atoms with van der Waals surface area (Å²) in [4.78, 5) is 14.7. The highest BCUT2D eigenvalue weighted by molar-refractivity contribution is 6.13. The summed E-state index contributed by atoms with van der Waals surface area (Å²) in [5.74, 6) is 1.96. The molecule has 0 amide bonds. The maximum absolute atomic E-state index is 6.48. The quantitative estimate of drug-likeness (QED) is 0.186. The van der Waals surface area contributed by atoms with Gasteiger partial charge in [-0.15, -0.1) is 0 Å². The van der Waals surface area contributed by atoms with Crippen molar-refractivity contribution in [1.82, 2.24) is 9.55 Å². The van der Waals surface area contributed by atoms with E-state index in [9.17, 15) is 0 Å². The van der Waals surface area contributed by atoms with Gasteiger partial charge in [-0.1, -0.05) is 121 Å². The van der Waals surface area contributed by atoms with Gasteiger partial charge in [-0.3, -0.25) is 4.99 Å². The number of fused-ring (bicyclic) bond motifs is 1. The summed E-state index contributed by atoms with van der Waals surface area (Å²) in [5.41, 5.74) is 14.6. The molecule has 1 heterocycles. The van der Waals surface area contributed by atoms with Crippen LogP contribution in [-0.4, -0.2) is 21.2 Å². The van der Waals surface area contributed by atoms with E-state index in [1.54, 1.807) is 0 Å². The van der Waals surface area contributed by atoms with Gasteiger partial charge < -0.3 is 10.3 Å². The lowest BCUT2D eigenvalue weighted by atomic mass is 9.97. The summed E-state index contributed by atoms with van der Waals surface area (Å²) in [7, 11) is 2.05. The smallest absolute Gasteiger partial charge is 0.157 e. The largest absolute Gasteiger partial charge is 0.383 e. The summed E-state index contributed by atoms with van der Waals surface area (Å²) in [5, 5.41) is 0. The van der Waals surface area contributed by atoms with E-state index in [0.29, 0.717) is 18.2 Å². The Balaban J connectivity index is 1.40. The lowest BCUT2D eigenvalue weighted by molar-refractivity contribution is 0.959. The summed E-state index contributed by atoms with van der Waals surface area (Å²) >= 11 is 0. The Morgan fingerprint density at radius 2 is 1.32 bits per heavy atom. The first-order valence-electron chi connectivity index (χ1n) is 13.3. The van der Waals surface area contributed by atoms with Crippen molar-refractivity contribution in [2.75, 3.05) is 0 Å². The van der Waals surface area contributed by atoms with Crippen molar-refractivity contribution in [3.05, 3.63) is 150 Å². The minimum absolute atomic E-state index is 0.430. The minimum Gasteiger partial charge on any atom is -0.383 e. The molecular weight excluding hydrogens is 490 g/mol. The van der Waals surface area contributed by atoms with E-state index in [0.717, 1.165) is 50.2 Å². The molecule has 6 aromatic rings. The Labute approximate surface area is 234 Å². The third-order valence-electron chi connectivity index (χ3n) is 6.96. The molecule has 0 fully saturated rings. The molecule has 0 bridgehead atoms. The molecule has 2 N–H and O–H groups in total. The van der Waals surface area contributed by atoms with E-state index in [1.165, 1.54) is 0 Å². The number of para-hydroxylation sites is 2. The Bertz CT molecular complexity index is 1820. The van der Waals surface area contributed by atoms with E-state index in [2.05, 4.69) is 66.2 Å². The lowest BCUT2D eigenvalue weighted by Gasteiger charge is -2.12. The maximum Gasteiger partial charge on any atom is 0.157 e. The standard InChI is InChI=1S/C35H29N5/c1-40-32-19-11-10-18-31(32)38-35(40)28-22-20-26(21-23-28)29-16-8-9-17-30(29)34(37-24-25-12-4-2-5-13-25)39-33(36)27-14-6-3-7-15-27/h2-23H,24H2,1H3,(H2,36,37,39). The van der Waals surface area contributed by atoms with Crippen molar-refractivity contribution in [1.29, 1.82) is 0 Å². The van der Waals surface area contributed by atoms with Gasteiger partial charge in [0.2, 0.25) is 0 Å². The lowest BCUT2D eigenvalue weighted by Crippen LogP contribution is -2.16. The first-order chi connectivity index (χ1) is 19.7. The fourth-order valence-electron chi connectivity index (χ4n) is 4.85. The SMILES string of the molecule is Cn1c(-c2ccc(-c3ccccc3C(/N=C(\N)c3ccccc3)=N/Cc3ccccc3)cc2)nc2ccccc21. The number of hydrogen-bond donors (Lipinski definition) is 1. The van der Waals surface area contributed by atoms with Crippen molar-refractivity contribution in [2.45, 2.75) is 6.54 Å². The molecule has 6 rings (SSSR count). The second-order valence-corrected chi connectivity index (χ2v) is 9.59. The van der Waals surface area contributed by atoms with Crippen molar-refractivity contribution in [3.8, 4) is 22.5 Å². The molecule has 0 atom stereocenters. The number of nitrogens with two attached hydrogens (primary N) is 1. The number of aromatic nitrogens is 2. The van der Waals surface area contributed by atoms with Crippen molar-refractivity contribution in [3.63, 3.8) is 0 Å². The highest BCUT2D eigenvalue weighted by atomic mass is 15.1. The van der Waals surface area contributed by atoms with Crippen LogP contribution in [0.1, 0.15) is 16.7 Å². The number of aryl methyl sites for hydroxylation is 1. The van der Waals surface area contributed by atoms with Gasteiger partial charge in [-0.25, -0.2) is 9.98 Å². The van der Waals surface area contributed by atoms with Crippen LogP contribution in [0.3, 0.4) is 0 Å². The number of aliphatic imine (C=N–C) groups is 2. The second-order valence-electron chi connectivity index (χ2n) is 9.59. The minimum atomic E-state index is 0.430. The van der Waals surface area contributed by atoms with E-state index in [4.69, 9.17) is 20.7 Å². The third-order valence-corrected chi connectivity index (χ3v) is 6.96. The molecule has 0 aliphatic heterocycles. The van der Waals surface area contributed by atoms with Crippen LogP contribution in [0.2, 0.25) is 0 Å². The Kier molecular flexibility index (Phi) is 7.01. The molecule has 0 unspecified atom stereocenters. The van der Waals surface area contributed by atoms with Gasteiger partial charge in [0.1, 0.15) is 11.7 Å². The van der Waals surface area contributed by atoms with Crippen LogP contribution in [0.5, 0.6) is 0 Å². The molecule has 5 nitrogen and oxygen atoms in total. The maximum atomic E-state index is 6.48. The first kappa shape index (κ1) is 25.0. The molecule has 5 heteroatoms. The van der Waals surface area contributed by atoms with Crippen LogP contribution in [0.4, 0.5) is 0 Å². The van der Waals surface area contributed by atoms with E-state index < -0.39 is 0 Å². The molecule has 1 aromatic heterocycles. The number of amidine groups is 2. The summed E-state index contributed by atoms with van der Waals surface area (Å²) in [6, 6.07) is 44.9. The van der Waals surface area contributed by atoms with Gasteiger partial charge in [0.25, 0.3) is 0 Å². The fourth-order valence-corrected chi connectivity index (χ4v) is 4.85. The summed E-state index contributed by atoms with van der Waals surface area (Å²) in [6.07, 6.45) is 0. The molecule has 194 valence electrons. The number of benzene rings is 5. The van der Waals surface area contributed by atoms with Crippen molar-refractivity contribution >= 4 is 22.7 Å². The second kappa shape index (κ2) is 11.2. The van der Waals surface area contributed by atoms with Gasteiger partial charge in [0.15, 0.2) is 5.84 Å². The molecule has 0 aliphatic carbocycles. The van der Waals surface area contributed by atoms with Crippen LogP contribution in [0, 0.1) is 0 Å². The molecule has 5 aromatic carbocycles. The van der Waals surface area contributed by atoms with Gasteiger partial charge >= 0.3 is 0 Å². The van der Waals surface area contributed by atoms with Gasteiger partial charge in [0.05, 0.1) is 17.6 Å². The molecule has 0 aliphatic rings. The number of nitrogens with zero attached hydrogens (tertiary/aromatic N) is 4. The molecule has 0 spiro atoms. The molecular formula is C35H29N5. The normalized spacial score (nSPS) is 12.1. The highest BCUT2D eigenvalue weighted by Crippen LogP contribution is 2.29. The number of rotatable bonds is 6. The van der Waals surface area contributed by atoms with Crippen LogP contribution in [-0.2, 0) is 13.6 Å². The Morgan fingerprint density at radius 3 is 2.08 bits per heavy atom. The zero-order valence-electron chi connectivity index (χ0n) is 22.3. The zero-order chi connectivity index (χ0) is 27.3.